The standard InChI is InChI=1S/C14H13FS.C14H2.CH4.FHO.H2S.5H2/c1-10-3-2-4-11(7-10)8-12-9-13(15)5-6-14(12)16;1-3-5-7-9-11-13-14-12-10-8-6-4-2;;1-2;;;;;;/h2-7,9,16H,8H2,1H3;1-2H;1H4;2H;1H2;5*1H. The van der Waals surface area contributed by atoms with Gasteiger partial charge in [0.1, 0.15) is 5.82 Å². The van der Waals surface area contributed by atoms with E-state index in [4.69, 9.17) is 22.7 Å². The van der Waals surface area contributed by atoms with Crippen molar-refractivity contribution in [1.29, 1.82) is 0 Å². The third-order valence-electron chi connectivity index (χ3n) is 3.23. The number of thiol groups is 1. The van der Waals surface area contributed by atoms with Gasteiger partial charge in [-0.1, -0.05) is 41.8 Å². The van der Waals surface area contributed by atoms with E-state index in [-0.39, 0.29) is 33.9 Å². The molecule has 0 unspecified atom stereocenters. The first-order chi connectivity index (χ1) is 15.6. The van der Waals surface area contributed by atoms with Crippen LogP contribution in [0, 0.1) is 96.6 Å². The van der Waals surface area contributed by atoms with Gasteiger partial charge in [0.05, 0.1) is 0 Å². The van der Waals surface area contributed by atoms with Crippen LogP contribution in [-0.2, 0) is 6.42 Å². The highest BCUT2D eigenvalue weighted by Crippen LogP contribution is 2.19. The minimum Gasteiger partial charge on any atom is -0.209 e. The molecule has 2 rings (SSSR count). The van der Waals surface area contributed by atoms with Gasteiger partial charge in [-0.15, -0.1) is 25.5 Å². The first-order valence-corrected chi connectivity index (χ1v) is 9.12. The summed E-state index contributed by atoms with van der Waals surface area (Å²) in [6.07, 6.45) is 10.4. The Morgan fingerprint density at radius 1 is 0.824 bits per heavy atom. The summed E-state index contributed by atoms with van der Waals surface area (Å²) in [4.78, 5) is 0.836. The van der Waals surface area contributed by atoms with Gasteiger partial charge in [-0.05, 0) is 114 Å². The number of halogens is 2. The maximum Gasteiger partial charge on any atom is 0.123 e. The molecule has 0 fully saturated rings. The topological polar surface area (TPSA) is 20.2 Å². The third kappa shape index (κ3) is 17.5. The van der Waals surface area contributed by atoms with Crippen LogP contribution in [0.4, 0.5) is 8.92 Å². The zero-order valence-corrected chi connectivity index (χ0v) is 19.4. The molecular weight excluding hydrogens is 466 g/mol. The fourth-order valence-corrected chi connectivity index (χ4v) is 2.28. The lowest BCUT2D eigenvalue weighted by molar-refractivity contribution is -0.0441. The number of hydrogen-bond donors (Lipinski definition) is 2. The fraction of sp³-hybridized carbons (Fsp3) is 0.103. The highest BCUT2D eigenvalue weighted by atomic mass is 32.1. The first kappa shape index (κ1) is 34.5. The molecule has 0 spiro atoms. The summed E-state index contributed by atoms with van der Waals surface area (Å²) >= 11 is 4.33. The van der Waals surface area contributed by atoms with E-state index >= 15 is 0 Å². The molecule has 0 saturated carbocycles. The average molecular weight is 499 g/mol. The van der Waals surface area contributed by atoms with Crippen molar-refractivity contribution < 1.29 is 21.4 Å². The molecule has 1 nitrogen and oxygen atoms in total. The SMILES string of the molecule is C.C#CC#CC#CC#CC#CC#CC#C.Cc1cccc(Cc2cc(F)ccc2S)c1.OF.S.[HH].[HH].[HH].[HH].[HH]. The molecular formula is C29H32F2OS2. The molecule has 0 aliphatic rings. The van der Waals surface area contributed by atoms with Gasteiger partial charge in [-0.25, -0.2) is 9.70 Å². The van der Waals surface area contributed by atoms with E-state index in [1.807, 2.05) is 12.1 Å². The van der Waals surface area contributed by atoms with Crippen LogP contribution < -0.4 is 0 Å². The summed E-state index contributed by atoms with van der Waals surface area (Å²) in [6.45, 7) is 2.05. The van der Waals surface area contributed by atoms with E-state index in [0.717, 1.165) is 16.9 Å². The quantitative estimate of drug-likeness (QED) is 0.377. The van der Waals surface area contributed by atoms with Gasteiger partial charge < -0.3 is 0 Å². The van der Waals surface area contributed by atoms with Crippen LogP contribution in [-0.4, -0.2) is 5.31 Å². The summed E-state index contributed by atoms with van der Waals surface area (Å²) in [7, 11) is 0. The van der Waals surface area contributed by atoms with Crippen molar-refractivity contribution in [2.75, 3.05) is 0 Å². The molecule has 5 heteroatoms. The van der Waals surface area contributed by atoms with Crippen LogP contribution in [0.25, 0.3) is 0 Å². The zero-order valence-electron chi connectivity index (χ0n) is 17.6. The van der Waals surface area contributed by atoms with Gasteiger partial charge in [0, 0.05) is 12.0 Å². The lowest BCUT2D eigenvalue weighted by atomic mass is 10.0. The molecule has 2 aromatic rings. The van der Waals surface area contributed by atoms with E-state index in [1.165, 1.54) is 17.2 Å². The fourth-order valence-electron chi connectivity index (χ4n) is 2.06. The molecule has 0 amide bonds. The van der Waals surface area contributed by atoms with Crippen LogP contribution >= 0.6 is 26.1 Å². The van der Waals surface area contributed by atoms with Gasteiger partial charge >= 0.3 is 0 Å². The Bertz CT molecular complexity index is 1270. The Labute approximate surface area is 222 Å². The van der Waals surface area contributed by atoms with E-state index < -0.39 is 0 Å². The molecule has 0 radical (unpaired) electrons. The maximum atomic E-state index is 13.1. The van der Waals surface area contributed by atoms with Crippen LogP contribution in [0.1, 0.15) is 31.3 Å². The monoisotopic (exact) mass is 498 g/mol. The van der Waals surface area contributed by atoms with Crippen molar-refractivity contribution in [3.05, 3.63) is 65.0 Å². The lowest BCUT2D eigenvalue weighted by Gasteiger charge is -2.06. The van der Waals surface area contributed by atoms with Gasteiger partial charge in [0.2, 0.25) is 0 Å². The smallest absolute Gasteiger partial charge is 0.123 e. The minimum atomic E-state index is -0.208. The summed E-state index contributed by atoms with van der Waals surface area (Å²) < 4.78 is 21.6. The molecule has 0 saturated heterocycles. The van der Waals surface area contributed by atoms with E-state index in [1.54, 1.807) is 12.1 Å². The van der Waals surface area contributed by atoms with Gasteiger partial charge in [0.25, 0.3) is 0 Å². The van der Waals surface area contributed by atoms with Gasteiger partial charge in [-0.2, -0.15) is 13.5 Å². The number of aryl methyl sites for hydroxylation is 1. The average Bonchev–Trinajstić information content (AvgIpc) is 2.79. The highest BCUT2D eigenvalue weighted by Gasteiger charge is 2.02. The number of terminal acetylenes is 2. The Morgan fingerprint density at radius 2 is 1.29 bits per heavy atom. The zero-order chi connectivity index (χ0) is 24.0. The predicted molar refractivity (Wildman–Crippen MR) is 155 cm³/mol. The molecule has 2 aromatic carbocycles. The predicted octanol–water partition coefficient (Wildman–Crippen LogP) is 6.13. The molecule has 0 bridgehead atoms. The summed E-state index contributed by atoms with van der Waals surface area (Å²) in [6, 6.07) is 12.9. The van der Waals surface area contributed by atoms with Crippen LogP contribution in [0.15, 0.2) is 47.4 Å². The Kier molecular flexibility index (Phi) is 23.9. The van der Waals surface area contributed by atoms with E-state index in [0.29, 0.717) is 0 Å². The Morgan fingerprint density at radius 3 is 1.74 bits per heavy atom. The summed E-state index contributed by atoms with van der Waals surface area (Å²) in [5.74, 6) is 28.1. The van der Waals surface area contributed by atoms with Crippen molar-refractivity contribution in [1.82, 2.24) is 0 Å². The Hall–Kier alpha value is -4.12. The normalized spacial score (nSPS) is 6.56. The summed E-state index contributed by atoms with van der Waals surface area (Å²) in [5.41, 5.74) is 3.32. The summed E-state index contributed by atoms with van der Waals surface area (Å²) in [5, 5.41) is 5.50. The van der Waals surface area contributed by atoms with Crippen molar-refractivity contribution in [3.63, 3.8) is 0 Å². The molecule has 34 heavy (non-hydrogen) atoms. The molecule has 1 N–H and O–H groups in total. The van der Waals surface area contributed by atoms with E-state index in [2.05, 4.69) is 103 Å². The molecule has 0 atom stereocenters. The van der Waals surface area contributed by atoms with Crippen LogP contribution in [0.5, 0.6) is 0 Å². The molecule has 0 aliphatic carbocycles. The minimum absolute atomic E-state index is 0. The van der Waals surface area contributed by atoms with Gasteiger partial charge in [-0.3, -0.25) is 0 Å². The van der Waals surface area contributed by atoms with Crippen LogP contribution in [0.2, 0.25) is 0 Å². The van der Waals surface area contributed by atoms with Gasteiger partial charge in [0.15, 0.2) is 0 Å². The third-order valence-corrected chi connectivity index (χ3v) is 3.66. The Balaban J connectivity index is -0.0000000665. The number of benzene rings is 2. The van der Waals surface area contributed by atoms with Crippen molar-refractivity contribution in [2.45, 2.75) is 25.7 Å². The second-order valence-electron chi connectivity index (χ2n) is 5.48. The van der Waals surface area contributed by atoms with Crippen molar-refractivity contribution in [2.24, 2.45) is 0 Å². The van der Waals surface area contributed by atoms with Crippen molar-refractivity contribution in [3.8, 4) is 83.9 Å². The number of hydrogen-bond acceptors (Lipinski definition) is 2. The van der Waals surface area contributed by atoms with E-state index in [9.17, 15) is 4.39 Å². The largest absolute Gasteiger partial charge is 0.209 e. The second-order valence-corrected chi connectivity index (χ2v) is 5.96. The molecule has 0 aromatic heterocycles. The highest BCUT2D eigenvalue weighted by molar-refractivity contribution is 7.80. The first-order valence-electron chi connectivity index (χ1n) is 8.68. The maximum absolute atomic E-state index is 13.1. The number of rotatable bonds is 2. The molecule has 0 heterocycles. The lowest BCUT2D eigenvalue weighted by Crippen LogP contribution is -1.91. The van der Waals surface area contributed by atoms with Crippen molar-refractivity contribution >= 4 is 26.1 Å². The van der Waals surface area contributed by atoms with Crippen LogP contribution in [0.3, 0.4) is 0 Å². The second kappa shape index (κ2) is 23.5. The molecule has 180 valence electrons. The molecule has 0 aliphatic heterocycles.